The number of hydrogen-bond acceptors (Lipinski definition) is 3. The number of nitrogens with zero attached hydrogens (tertiary/aromatic N) is 3. The Hall–Kier alpha value is -5.32. The Kier molecular flexibility index (Phi) is 4.94. The van der Waals surface area contributed by atoms with Crippen molar-refractivity contribution in [2.75, 3.05) is 0 Å². The standard InChI is InChI=1S/C41H27N3S/c1-41(2)31-18-8-5-15-27(31)37-38(29-17-11-21-35-36(29)28-16-7-10-20-34(28)45-35)42-40(43-39(37)41)44-32-19-9-6-14-26(32)30-22-24-12-3-4-13-25(24)23-33(30)44/h3-23H,1-2H3. The molecule has 0 fully saturated rings. The molecular formula is C41H27N3S. The van der Waals surface area contributed by atoms with E-state index in [0.717, 1.165) is 33.5 Å². The average Bonchev–Trinajstić information content (AvgIpc) is 3.69. The molecule has 0 spiro atoms. The van der Waals surface area contributed by atoms with Crippen LogP contribution in [0.2, 0.25) is 0 Å². The first kappa shape index (κ1) is 25.1. The highest BCUT2D eigenvalue weighted by atomic mass is 32.1. The average molecular weight is 594 g/mol. The number of fused-ring (bicyclic) bond motifs is 10. The van der Waals surface area contributed by atoms with Crippen LogP contribution in [-0.2, 0) is 5.41 Å². The number of rotatable bonds is 2. The summed E-state index contributed by atoms with van der Waals surface area (Å²) in [7, 11) is 0. The maximum atomic E-state index is 5.59. The van der Waals surface area contributed by atoms with Crippen molar-refractivity contribution in [3.05, 3.63) is 139 Å². The molecule has 0 aliphatic heterocycles. The third-order valence-electron chi connectivity index (χ3n) is 9.76. The molecule has 0 bridgehead atoms. The molecule has 3 aromatic heterocycles. The van der Waals surface area contributed by atoms with E-state index in [1.54, 1.807) is 0 Å². The van der Waals surface area contributed by atoms with Crippen LogP contribution in [-0.4, -0.2) is 14.5 Å². The molecule has 212 valence electrons. The molecule has 0 radical (unpaired) electrons. The van der Waals surface area contributed by atoms with Crippen molar-refractivity contribution < 1.29 is 0 Å². The molecule has 0 N–H and O–H groups in total. The van der Waals surface area contributed by atoms with Crippen LogP contribution in [0.3, 0.4) is 0 Å². The minimum atomic E-state index is -0.283. The summed E-state index contributed by atoms with van der Waals surface area (Å²) >= 11 is 1.85. The van der Waals surface area contributed by atoms with Crippen molar-refractivity contribution in [1.82, 2.24) is 14.5 Å². The minimum Gasteiger partial charge on any atom is -0.278 e. The van der Waals surface area contributed by atoms with Gasteiger partial charge in [0, 0.05) is 47.5 Å². The highest BCUT2D eigenvalue weighted by Gasteiger charge is 2.40. The molecule has 1 aliphatic rings. The normalized spacial score (nSPS) is 13.7. The van der Waals surface area contributed by atoms with Gasteiger partial charge in [0.25, 0.3) is 0 Å². The number of hydrogen-bond donors (Lipinski definition) is 0. The van der Waals surface area contributed by atoms with Gasteiger partial charge in [-0.3, -0.25) is 4.57 Å². The van der Waals surface area contributed by atoms with Gasteiger partial charge in [-0.1, -0.05) is 111 Å². The lowest BCUT2D eigenvalue weighted by atomic mass is 9.85. The van der Waals surface area contributed by atoms with Gasteiger partial charge in [0.05, 0.1) is 22.4 Å². The maximum Gasteiger partial charge on any atom is 0.235 e. The molecule has 3 heterocycles. The van der Waals surface area contributed by atoms with Gasteiger partial charge in [0.1, 0.15) is 0 Å². The van der Waals surface area contributed by atoms with E-state index < -0.39 is 0 Å². The van der Waals surface area contributed by atoms with Crippen molar-refractivity contribution in [2.24, 2.45) is 0 Å². The zero-order valence-corrected chi connectivity index (χ0v) is 25.7. The van der Waals surface area contributed by atoms with E-state index in [-0.39, 0.29) is 5.41 Å². The topological polar surface area (TPSA) is 30.7 Å². The third kappa shape index (κ3) is 3.35. The maximum absolute atomic E-state index is 5.59. The quantitative estimate of drug-likeness (QED) is 0.200. The second-order valence-corrected chi connectivity index (χ2v) is 13.7. The summed E-state index contributed by atoms with van der Waals surface area (Å²) in [6, 6.07) is 46.1. The van der Waals surface area contributed by atoms with Gasteiger partial charge in [0.15, 0.2) is 0 Å². The van der Waals surface area contributed by atoms with Crippen LogP contribution in [0.4, 0.5) is 0 Å². The Morgan fingerprint density at radius 2 is 1.27 bits per heavy atom. The fourth-order valence-electron chi connectivity index (χ4n) is 7.67. The van der Waals surface area contributed by atoms with Crippen molar-refractivity contribution in [1.29, 1.82) is 0 Å². The lowest BCUT2D eigenvalue weighted by Crippen LogP contribution is -2.18. The summed E-state index contributed by atoms with van der Waals surface area (Å²) in [6.07, 6.45) is 0. The zero-order valence-electron chi connectivity index (χ0n) is 24.9. The highest BCUT2D eigenvalue weighted by Crippen LogP contribution is 2.52. The second-order valence-electron chi connectivity index (χ2n) is 12.6. The molecule has 0 saturated heterocycles. The number of para-hydroxylation sites is 1. The molecule has 4 heteroatoms. The lowest BCUT2D eigenvalue weighted by Gasteiger charge is -2.21. The predicted octanol–water partition coefficient (Wildman–Crippen LogP) is 11.1. The van der Waals surface area contributed by atoms with Gasteiger partial charge >= 0.3 is 0 Å². The van der Waals surface area contributed by atoms with Crippen LogP contribution in [0.25, 0.3) is 81.1 Å². The Morgan fingerprint density at radius 1 is 0.578 bits per heavy atom. The summed E-state index contributed by atoms with van der Waals surface area (Å²) in [5.41, 5.74) is 8.84. The molecule has 0 amide bonds. The minimum absolute atomic E-state index is 0.283. The van der Waals surface area contributed by atoms with E-state index in [1.165, 1.54) is 52.8 Å². The van der Waals surface area contributed by atoms with Crippen LogP contribution in [0.1, 0.15) is 25.1 Å². The Labute approximate surface area is 264 Å². The van der Waals surface area contributed by atoms with E-state index in [2.05, 4.69) is 146 Å². The lowest BCUT2D eigenvalue weighted by molar-refractivity contribution is 0.632. The highest BCUT2D eigenvalue weighted by molar-refractivity contribution is 7.25. The Morgan fingerprint density at radius 3 is 2.16 bits per heavy atom. The van der Waals surface area contributed by atoms with Gasteiger partial charge in [0.2, 0.25) is 5.95 Å². The number of thiophene rings is 1. The van der Waals surface area contributed by atoms with Gasteiger partial charge < -0.3 is 0 Å². The molecule has 6 aromatic carbocycles. The summed E-state index contributed by atoms with van der Waals surface area (Å²) in [6.45, 7) is 4.61. The third-order valence-corrected chi connectivity index (χ3v) is 10.9. The largest absolute Gasteiger partial charge is 0.278 e. The van der Waals surface area contributed by atoms with Crippen LogP contribution in [0, 0.1) is 0 Å². The van der Waals surface area contributed by atoms with Gasteiger partial charge in [-0.05, 0) is 52.2 Å². The van der Waals surface area contributed by atoms with Gasteiger partial charge in [-0.25, -0.2) is 9.97 Å². The molecule has 10 rings (SSSR count). The zero-order chi connectivity index (χ0) is 29.9. The number of benzene rings is 6. The van der Waals surface area contributed by atoms with Crippen LogP contribution in [0.5, 0.6) is 0 Å². The second kappa shape index (κ2) is 8.87. The SMILES string of the molecule is CC1(C)c2ccccc2-c2c(-c3cccc4sc5ccccc5c34)nc(-n3c4ccccc4c4cc5ccccc5cc43)nc21. The first-order chi connectivity index (χ1) is 22.1. The molecule has 0 atom stereocenters. The van der Waals surface area contributed by atoms with Crippen molar-refractivity contribution in [3.8, 4) is 28.3 Å². The van der Waals surface area contributed by atoms with E-state index in [9.17, 15) is 0 Å². The smallest absolute Gasteiger partial charge is 0.235 e. The summed E-state index contributed by atoms with van der Waals surface area (Å²) < 4.78 is 4.85. The first-order valence-corrected chi connectivity index (χ1v) is 16.2. The predicted molar refractivity (Wildman–Crippen MR) is 190 cm³/mol. The molecule has 0 unspecified atom stereocenters. The summed E-state index contributed by atoms with van der Waals surface area (Å²) in [5, 5.41) is 7.39. The molecular weight excluding hydrogens is 567 g/mol. The summed E-state index contributed by atoms with van der Waals surface area (Å²) in [4.78, 5) is 11.1. The van der Waals surface area contributed by atoms with Crippen molar-refractivity contribution in [3.63, 3.8) is 0 Å². The Balaban J connectivity index is 1.38. The monoisotopic (exact) mass is 593 g/mol. The molecule has 1 aliphatic carbocycles. The first-order valence-electron chi connectivity index (χ1n) is 15.4. The molecule has 45 heavy (non-hydrogen) atoms. The fraction of sp³-hybridized carbons (Fsp3) is 0.0732. The van der Waals surface area contributed by atoms with Crippen LogP contribution < -0.4 is 0 Å². The van der Waals surface area contributed by atoms with E-state index in [1.807, 2.05) is 11.3 Å². The van der Waals surface area contributed by atoms with E-state index in [4.69, 9.17) is 9.97 Å². The van der Waals surface area contributed by atoms with Crippen molar-refractivity contribution >= 4 is 64.1 Å². The summed E-state index contributed by atoms with van der Waals surface area (Å²) in [5.74, 6) is 0.711. The Bertz CT molecular complexity index is 2690. The van der Waals surface area contributed by atoms with Gasteiger partial charge in [-0.15, -0.1) is 11.3 Å². The molecule has 3 nitrogen and oxygen atoms in total. The van der Waals surface area contributed by atoms with Crippen LogP contribution >= 0.6 is 11.3 Å². The van der Waals surface area contributed by atoms with Gasteiger partial charge in [-0.2, -0.15) is 0 Å². The fourth-order valence-corrected chi connectivity index (χ4v) is 8.80. The van der Waals surface area contributed by atoms with Crippen LogP contribution in [0.15, 0.2) is 127 Å². The van der Waals surface area contributed by atoms with E-state index in [0.29, 0.717) is 5.95 Å². The molecule has 9 aromatic rings. The number of aromatic nitrogens is 3. The van der Waals surface area contributed by atoms with E-state index >= 15 is 0 Å². The molecule has 0 saturated carbocycles. The van der Waals surface area contributed by atoms with Crippen molar-refractivity contribution in [2.45, 2.75) is 19.3 Å².